The summed E-state index contributed by atoms with van der Waals surface area (Å²) in [5, 5.41) is 3.90. The smallest absolute Gasteiger partial charge is 0.275 e. The molecule has 132 valence electrons. The van der Waals surface area contributed by atoms with Gasteiger partial charge in [0.25, 0.3) is 5.91 Å². The minimum absolute atomic E-state index is 0.284. The molecule has 0 unspecified atom stereocenters. The molecule has 0 aliphatic rings. The number of nitrogens with one attached hydrogen (secondary N) is 1. The van der Waals surface area contributed by atoms with Gasteiger partial charge in [-0.15, -0.1) is 0 Å². The van der Waals surface area contributed by atoms with Crippen LogP contribution in [0.15, 0.2) is 64.4 Å². The van der Waals surface area contributed by atoms with Gasteiger partial charge in [-0.2, -0.15) is 0 Å². The number of hydrogen-bond acceptors (Lipinski definition) is 4. The fourth-order valence-corrected chi connectivity index (χ4v) is 3.70. The van der Waals surface area contributed by atoms with E-state index in [0.29, 0.717) is 20.3 Å². The van der Waals surface area contributed by atoms with Gasteiger partial charge in [-0.3, -0.25) is 4.79 Å². The molecule has 0 spiro atoms. The van der Waals surface area contributed by atoms with Crippen molar-refractivity contribution < 1.29 is 4.79 Å². The number of carbonyl (C=O) groups excluding carboxylic acids is 1. The Balaban J connectivity index is 1.74. The number of thioether (sulfide) groups is 1. The molecule has 0 atom stereocenters. The Hall–Kier alpha value is -1.89. The van der Waals surface area contributed by atoms with Crippen molar-refractivity contribution in [2.45, 2.75) is 17.8 Å². The average molecular weight is 449 g/mol. The number of carbonyl (C=O) groups is 1. The topological polar surface area (TPSA) is 54.9 Å². The summed E-state index contributed by atoms with van der Waals surface area (Å²) in [6.07, 6.45) is 1.60. The first-order valence-corrected chi connectivity index (χ1v) is 9.95. The van der Waals surface area contributed by atoms with Crippen LogP contribution in [0.2, 0.25) is 5.02 Å². The fraction of sp³-hybridized carbons (Fsp3) is 0.105. The summed E-state index contributed by atoms with van der Waals surface area (Å²) < 4.78 is 0.539. The third-order valence-corrected chi connectivity index (χ3v) is 5.36. The highest BCUT2D eigenvalue weighted by Gasteiger charge is 2.15. The van der Waals surface area contributed by atoms with Gasteiger partial charge in [0, 0.05) is 22.7 Å². The summed E-state index contributed by atoms with van der Waals surface area (Å²) in [5.41, 5.74) is 3.33. The molecular weight excluding hydrogens is 434 g/mol. The lowest BCUT2D eigenvalue weighted by Gasteiger charge is -2.08. The Kier molecular flexibility index (Phi) is 6.29. The Morgan fingerprint density at radius 2 is 2.04 bits per heavy atom. The molecular formula is C19H15BrClN3OS. The summed E-state index contributed by atoms with van der Waals surface area (Å²) in [4.78, 5) is 21.2. The van der Waals surface area contributed by atoms with Crippen molar-refractivity contribution in [1.82, 2.24) is 9.97 Å². The Morgan fingerprint density at radius 1 is 1.23 bits per heavy atom. The van der Waals surface area contributed by atoms with Crippen molar-refractivity contribution >= 4 is 50.9 Å². The summed E-state index contributed by atoms with van der Waals surface area (Å²) in [5.74, 6) is 0.420. The third kappa shape index (κ3) is 4.84. The van der Waals surface area contributed by atoms with Gasteiger partial charge in [-0.25, -0.2) is 9.97 Å². The SMILES string of the molecule is Cc1ccccc1CSc1ncc(Br)c(C(=O)Nc2cccc(Cl)c2)n1. The van der Waals surface area contributed by atoms with Gasteiger partial charge in [0.05, 0.1) is 4.47 Å². The van der Waals surface area contributed by atoms with Crippen molar-refractivity contribution in [1.29, 1.82) is 0 Å². The quantitative estimate of drug-likeness (QED) is 0.399. The summed E-state index contributed by atoms with van der Waals surface area (Å²) in [7, 11) is 0. The van der Waals surface area contributed by atoms with E-state index >= 15 is 0 Å². The minimum atomic E-state index is -0.320. The van der Waals surface area contributed by atoms with Crippen molar-refractivity contribution in [3.8, 4) is 0 Å². The van der Waals surface area contributed by atoms with Crippen LogP contribution in [-0.2, 0) is 5.75 Å². The van der Waals surface area contributed by atoms with E-state index in [1.165, 1.54) is 22.9 Å². The molecule has 0 saturated heterocycles. The van der Waals surface area contributed by atoms with E-state index in [1.54, 1.807) is 30.5 Å². The van der Waals surface area contributed by atoms with Gasteiger partial charge in [-0.05, 0) is 52.2 Å². The number of halogens is 2. The van der Waals surface area contributed by atoms with Gasteiger partial charge >= 0.3 is 0 Å². The number of rotatable bonds is 5. The van der Waals surface area contributed by atoms with E-state index in [1.807, 2.05) is 12.1 Å². The highest BCUT2D eigenvalue weighted by atomic mass is 79.9. The first-order valence-electron chi connectivity index (χ1n) is 7.79. The molecule has 0 fully saturated rings. The molecule has 0 saturated carbocycles. The molecule has 26 heavy (non-hydrogen) atoms. The molecule has 0 bridgehead atoms. The number of anilines is 1. The molecule has 0 aliphatic heterocycles. The summed E-state index contributed by atoms with van der Waals surface area (Å²) in [6, 6.07) is 15.1. The molecule has 1 heterocycles. The first kappa shape index (κ1) is 18.9. The standard InChI is InChI=1S/C19H15BrClN3OS/c1-12-5-2-3-6-13(12)11-26-19-22-10-16(20)17(24-19)18(25)23-15-8-4-7-14(21)9-15/h2-10H,11H2,1H3,(H,23,25). The Labute approximate surface area is 169 Å². The van der Waals surface area contributed by atoms with E-state index < -0.39 is 0 Å². The zero-order valence-corrected chi connectivity index (χ0v) is 17.0. The van der Waals surface area contributed by atoms with E-state index in [-0.39, 0.29) is 11.6 Å². The third-order valence-electron chi connectivity index (χ3n) is 3.64. The fourth-order valence-electron chi connectivity index (χ4n) is 2.25. The highest BCUT2D eigenvalue weighted by molar-refractivity contribution is 9.10. The maximum Gasteiger partial charge on any atom is 0.275 e. The molecule has 2 aromatic carbocycles. The molecule has 3 rings (SSSR count). The minimum Gasteiger partial charge on any atom is -0.321 e. The monoisotopic (exact) mass is 447 g/mol. The van der Waals surface area contributed by atoms with E-state index in [4.69, 9.17) is 11.6 Å². The van der Waals surface area contributed by atoms with Crippen LogP contribution in [0, 0.1) is 6.92 Å². The first-order chi connectivity index (χ1) is 12.5. The van der Waals surface area contributed by atoms with Crippen LogP contribution in [0.4, 0.5) is 5.69 Å². The number of nitrogens with zero attached hydrogens (tertiary/aromatic N) is 2. The molecule has 0 aliphatic carbocycles. The van der Waals surface area contributed by atoms with Crippen LogP contribution in [0.5, 0.6) is 0 Å². The van der Waals surface area contributed by atoms with E-state index in [0.717, 1.165) is 5.75 Å². The van der Waals surface area contributed by atoms with Gasteiger partial charge in [0.1, 0.15) is 5.69 Å². The lowest BCUT2D eigenvalue weighted by atomic mass is 10.1. The van der Waals surface area contributed by atoms with Crippen molar-refractivity contribution in [3.05, 3.63) is 81.0 Å². The lowest BCUT2D eigenvalue weighted by Crippen LogP contribution is -2.15. The molecule has 4 nitrogen and oxygen atoms in total. The molecule has 1 aromatic heterocycles. The second-order valence-corrected chi connectivity index (χ2v) is 7.76. The van der Waals surface area contributed by atoms with E-state index in [9.17, 15) is 4.79 Å². The number of amides is 1. The molecule has 1 N–H and O–H groups in total. The van der Waals surface area contributed by atoms with Crippen LogP contribution in [0.1, 0.15) is 21.6 Å². The van der Waals surface area contributed by atoms with Crippen molar-refractivity contribution in [3.63, 3.8) is 0 Å². The van der Waals surface area contributed by atoms with Crippen LogP contribution in [-0.4, -0.2) is 15.9 Å². The molecule has 1 amide bonds. The average Bonchev–Trinajstić information content (AvgIpc) is 2.62. The van der Waals surface area contributed by atoms with Gasteiger partial charge < -0.3 is 5.32 Å². The number of benzene rings is 2. The predicted octanol–water partition coefficient (Wildman–Crippen LogP) is 5.75. The van der Waals surface area contributed by atoms with Gasteiger partial charge in [0.2, 0.25) is 0 Å². The van der Waals surface area contributed by atoms with Crippen molar-refractivity contribution in [2.75, 3.05) is 5.32 Å². The number of aromatic nitrogens is 2. The maximum atomic E-state index is 12.5. The van der Waals surface area contributed by atoms with E-state index in [2.05, 4.69) is 50.3 Å². The van der Waals surface area contributed by atoms with Crippen LogP contribution in [0.3, 0.4) is 0 Å². The Bertz CT molecular complexity index is 952. The normalized spacial score (nSPS) is 10.6. The number of hydrogen-bond donors (Lipinski definition) is 1. The van der Waals surface area contributed by atoms with Gasteiger partial charge in [-0.1, -0.05) is 53.7 Å². The zero-order chi connectivity index (χ0) is 18.5. The summed E-state index contributed by atoms with van der Waals surface area (Å²) in [6.45, 7) is 2.07. The second-order valence-electron chi connectivity index (χ2n) is 5.53. The van der Waals surface area contributed by atoms with Crippen LogP contribution in [0.25, 0.3) is 0 Å². The lowest BCUT2D eigenvalue weighted by molar-refractivity contribution is 0.102. The van der Waals surface area contributed by atoms with Crippen LogP contribution >= 0.6 is 39.3 Å². The second kappa shape index (κ2) is 8.66. The molecule has 7 heteroatoms. The highest BCUT2D eigenvalue weighted by Crippen LogP contribution is 2.24. The van der Waals surface area contributed by atoms with Gasteiger partial charge in [0.15, 0.2) is 5.16 Å². The van der Waals surface area contributed by atoms with Crippen LogP contribution < -0.4 is 5.32 Å². The molecule has 0 radical (unpaired) electrons. The zero-order valence-electron chi connectivity index (χ0n) is 13.9. The predicted molar refractivity (Wildman–Crippen MR) is 110 cm³/mol. The summed E-state index contributed by atoms with van der Waals surface area (Å²) >= 11 is 10.8. The largest absolute Gasteiger partial charge is 0.321 e. The number of aryl methyl sites for hydroxylation is 1. The Morgan fingerprint density at radius 3 is 2.81 bits per heavy atom. The maximum absolute atomic E-state index is 12.5. The molecule has 3 aromatic rings. The van der Waals surface area contributed by atoms with Crippen molar-refractivity contribution in [2.24, 2.45) is 0 Å².